The molecule has 6 rings (SSSR count). The van der Waals surface area contributed by atoms with Gasteiger partial charge in [-0.25, -0.2) is 0 Å². The van der Waals surface area contributed by atoms with Crippen molar-refractivity contribution < 1.29 is 4.79 Å². The van der Waals surface area contributed by atoms with Gasteiger partial charge < -0.3 is 9.13 Å². The molecule has 0 saturated carbocycles. The van der Waals surface area contributed by atoms with E-state index in [1.807, 2.05) is 0 Å². The van der Waals surface area contributed by atoms with Gasteiger partial charge in [0.2, 0.25) is 0 Å². The highest BCUT2D eigenvalue weighted by Crippen LogP contribution is 2.36. The van der Waals surface area contributed by atoms with Crippen molar-refractivity contribution in [2.75, 3.05) is 0 Å². The summed E-state index contributed by atoms with van der Waals surface area (Å²) in [6.45, 7) is 15.3. The molecule has 0 N–H and O–H groups in total. The van der Waals surface area contributed by atoms with Crippen LogP contribution in [0.3, 0.4) is 0 Å². The Kier molecular flexibility index (Phi) is 7.70. The summed E-state index contributed by atoms with van der Waals surface area (Å²) in [5, 5.41) is 5.03. The molecule has 2 aromatic heterocycles. The summed E-state index contributed by atoms with van der Waals surface area (Å²) >= 11 is 0. The lowest BCUT2D eigenvalue weighted by Crippen LogP contribution is -2.16. The first-order chi connectivity index (χ1) is 20.2. The molecule has 3 heteroatoms. The lowest BCUT2D eigenvalue weighted by Gasteiger charge is -2.18. The molecule has 0 amide bonds. The van der Waals surface area contributed by atoms with Crippen LogP contribution < -0.4 is 0 Å². The number of carbonyl (C=O) groups is 1. The van der Waals surface area contributed by atoms with Gasteiger partial charge in [0.25, 0.3) is 0 Å². The standard InChI is InChI=1S/C39H44N2O/c1-25(2)19-21-40-35-13-9-7-11-31(35)33-23-29(15-17-37(33)40)27(5)39(42)28(6)30-16-18-38-34(24-30)32-12-8-10-14-36(32)41(38)22-20-26(3)4/h7-18,23-28H,19-22H2,1-6H3. The minimum atomic E-state index is -0.190. The van der Waals surface area contributed by atoms with Crippen molar-refractivity contribution in [3.63, 3.8) is 0 Å². The normalized spacial score (nSPS) is 13.7. The fourth-order valence-electron chi connectivity index (χ4n) is 6.64. The SMILES string of the molecule is CC(C)CCn1c2ccccc2c2cc(C(C)C(=O)C(C)c3ccc4c(c3)c3ccccc3n4CCC(C)C)ccc21. The smallest absolute Gasteiger partial charge is 0.147 e. The van der Waals surface area contributed by atoms with Crippen LogP contribution in [0.2, 0.25) is 0 Å². The maximum Gasteiger partial charge on any atom is 0.147 e. The molecule has 42 heavy (non-hydrogen) atoms. The molecule has 0 aliphatic heterocycles. The van der Waals surface area contributed by atoms with Crippen LogP contribution in [0.5, 0.6) is 0 Å². The van der Waals surface area contributed by atoms with E-state index in [-0.39, 0.29) is 17.6 Å². The number of hydrogen-bond donors (Lipinski definition) is 0. The lowest BCUT2D eigenvalue weighted by molar-refractivity contribution is -0.121. The fourth-order valence-corrected chi connectivity index (χ4v) is 6.64. The molecule has 2 heterocycles. The van der Waals surface area contributed by atoms with Gasteiger partial charge in [-0.2, -0.15) is 0 Å². The van der Waals surface area contributed by atoms with E-state index in [0.717, 1.165) is 37.1 Å². The van der Waals surface area contributed by atoms with E-state index >= 15 is 0 Å². The van der Waals surface area contributed by atoms with Gasteiger partial charge in [0.15, 0.2) is 0 Å². The number of aromatic nitrogens is 2. The molecule has 2 atom stereocenters. The third-order valence-corrected chi connectivity index (χ3v) is 9.31. The maximum absolute atomic E-state index is 14.0. The third-order valence-electron chi connectivity index (χ3n) is 9.31. The van der Waals surface area contributed by atoms with Gasteiger partial charge in [-0.15, -0.1) is 0 Å². The Labute approximate surface area is 250 Å². The first-order valence-electron chi connectivity index (χ1n) is 15.8. The van der Waals surface area contributed by atoms with Gasteiger partial charge in [-0.3, -0.25) is 4.79 Å². The molecule has 4 aromatic carbocycles. The second-order valence-corrected chi connectivity index (χ2v) is 13.1. The highest BCUT2D eigenvalue weighted by molar-refractivity contribution is 6.10. The minimum Gasteiger partial charge on any atom is -0.340 e. The fraction of sp³-hybridized carbons (Fsp3) is 0.359. The Morgan fingerprint density at radius 1 is 0.524 bits per heavy atom. The molecule has 0 fully saturated rings. The topological polar surface area (TPSA) is 26.9 Å². The van der Waals surface area contributed by atoms with Crippen LogP contribution in [0.1, 0.15) is 77.3 Å². The van der Waals surface area contributed by atoms with Gasteiger partial charge in [-0.1, -0.05) is 90.1 Å². The Balaban J connectivity index is 1.33. The predicted molar refractivity (Wildman–Crippen MR) is 180 cm³/mol. The number of nitrogens with zero attached hydrogens (tertiary/aromatic N) is 2. The van der Waals surface area contributed by atoms with Gasteiger partial charge >= 0.3 is 0 Å². The molecule has 0 aliphatic carbocycles. The van der Waals surface area contributed by atoms with Crippen LogP contribution in [0.15, 0.2) is 84.9 Å². The number of fused-ring (bicyclic) bond motifs is 6. The zero-order chi connectivity index (χ0) is 29.5. The van der Waals surface area contributed by atoms with Gasteiger partial charge in [-0.05, 0) is 72.2 Å². The number of para-hydroxylation sites is 2. The number of ketones is 1. The molecular formula is C39H44N2O. The molecule has 0 radical (unpaired) electrons. The average Bonchev–Trinajstić information content (AvgIpc) is 3.49. The first-order valence-corrected chi connectivity index (χ1v) is 15.8. The Bertz CT molecular complexity index is 1760. The molecule has 0 saturated heterocycles. The van der Waals surface area contributed by atoms with Crippen molar-refractivity contribution >= 4 is 49.4 Å². The van der Waals surface area contributed by atoms with Crippen molar-refractivity contribution in [1.29, 1.82) is 0 Å². The minimum absolute atomic E-state index is 0.190. The summed E-state index contributed by atoms with van der Waals surface area (Å²) < 4.78 is 4.91. The third kappa shape index (κ3) is 5.04. The summed E-state index contributed by atoms with van der Waals surface area (Å²) in [4.78, 5) is 14.0. The highest BCUT2D eigenvalue weighted by atomic mass is 16.1. The van der Waals surface area contributed by atoms with Crippen LogP contribution in [0, 0.1) is 11.8 Å². The highest BCUT2D eigenvalue weighted by Gasteiger charge is 2.25. The Morgan fingerprint density at radius 3 is 1.31 bits per heavy atom. The molecular weight excluding hydrogens is 512 g/mol. The molecule has 0 aliphatic rings. The largest absolute Gasteiger partial charge is 0.340 e. The summed E-state index contributed by atoms with van der Waals surface area (Å²) in [5.74, 6) is 1.18. The first kappa shape index (κ1) is 28.3. The number of hydrogen-bond acceptors (Lipinski definition) is 1. The molecule has 6 aromatic rings. The Morgan fingerprint density at radius 2 is 0.905 bits per heavy atom. The van der Waals surface area contributed by atoms with Crippen LogP contribution in [-0.4, -0.2) is 14.9 Å². The number of benzene rings is 4. The van der Waals surface area contributed by atoms with E-state index in [1.165, 1.54) is 43.6 Å². The van der Waals surface area contributed by atoms with Crippen LogP contribution in [0.4, 0.5) is 0 Å². The summed E-state index contributed by atoms with van der Waals surface area (Å²) in [6, 6.07) is 30.7. The maximum atomic E-state index is 14.0. The second-order valence-electron chi connectivity index (χ2n) is 13.1. The molecule has 3 nitrogen and oxygen atoms in total. The summed E-state index contributed by atoms with van der Waals surface area (Å²) in [7, 11) is 0. The summed E-state index contributed by atoms with van der Waals surface area (Å²) in [6.07, 6.45) is 2.28. The van der Waals surface area contributed by atoms with Crippen LogP contribution in [-0.2, 0) is 17.9 Å². The van der Waals surface area contributed by atoms with E-state index in [4.69, 9.17) is 0 Å². The van der Waals surface area contributed by atoms with Crippen molar-refractivity contribution in [2.45, 2.75) is 79.3 Å². The molecule has 2 unspecified atom stereocenters. The summed E-state index contributed by atoms with van der Waals surface area (Å²) in [5.41, 5.74) is 7.26. The van der Waals surface area contributed by atoms with Crippen LogP contribution >= 0.6 is 0 Å². The zero-order valence-electron chi connectivity index (χ0n) is 26.0. The lowest BCUT2D eigenvalue weighted by atomic mass is 9.85. The predicted octanol–water partition coefficient (Wildman–Crippen LogP) is 10.5. The van der Waals surface area contributed by atoms with Gasteiger partial charge in [0.05, 0.1) is 0 Å². The van der Waals surface area contributed by atoms with E-state index in [2.05, 4.69) is 136 Å². The van der Waals surface area contributed by atoms with Crippen molar-refractivity contribution in [3.05, 3.63) is 96.1 Å². The second kappa shape index (κ2) is 11.4. The van der Waals surface area contributed by atoms with Crippen molar-refractivity contribution in [3.8, 4) is 0 Å². The van der Waals surface area contributed by atoms with E-state index < -0.39 is 0 Å². The number of Topliss-reactive ketones (excluding diaryl/α,β-unsaturated/α-hetero) is 1. The Hall–Kier alpha value is -3.85. The van der Waals surface area contributed by atoms with Crippen LogP contribution in [0.25, 0.3) is 43.6 Å². The van der Waals surface area contributed by atoms with E-state index in [0.29, 0.717) is 11.8 Å². The monoisotopic (exact) mass is 556 g/mol. The van der Waals surface area contributed by atoms with Crippen molar-refractivity contribution in [1.82, 2.24) is 9.13 Å². The zero-order valence-corrected chi connectivity index (χ0v) is 26.0. The molecule has 0 spiro atoms. The number of carbonyl (C=O) groups excluding carboxylic acids is 1. The average molecular weight is 557 g/mol. The van der Waals surface area contributed by atoms with E-state index in [1.54, 1.807) is 0 Å². The molecule has 0 bridgehead atoms. The number of rotatable bonds is 10. The van der Waals surface area contributed by atoms with Crippen molar-refractivity contribution in [2.24, 2.45) is 11.8 Å². The number of aryl methyl sites for hydroxylation is 2. The van der Waals surface area contributed by atoms with E-state index in [9.17, 15) is 4.79 Å². The van der Waals surface area contributed by atoms with Gasteiger partial charge in [0.1, 0.15) is 5.78 Å². The quantitative estimate of drug-likeness (QED) is 0.165. The van der Waals surface area contributed by atoms with Gasteiger partial charge in [0, 0.05) is 68.5 Å². The molecule has 216 valence electrons.